The molecular formula is C13H23N3O2S2. The number of hydrogen-bond donors (Lipinski definition) is 1. The van der Waals surface area contributed by atoms with Gasteiger partial charge in [-0.1, -0.05) is 6.92 Å². The first-order chi connectivity index (χ1) is 9.54. The average molecular weight is 317 g/mol. The summed E-state index contributed by atoms with van der Waals surface area (Å²) in [6.45, 7) is 7.27. The van der Waals surface area contributed by atoms with Gasteiger partial charge in [0.25, 0.3) is 10.0 Å². The number of nitrogens with one attached hydrogen (secondary N) is 1. The second-order valence-electron chi connectivity index (χ2n) is 5.25. The summed E-state index contributed by atoms with van der Waals surface area (Å²) in [5, 5.41) is 4.21. The van der Waals surface area contributed by atoms with Crippen LogP contribution in [0, 0.1) is 12.8 Å². The monoisotopic (exact) mass is 317 g/mol. The van der Waals surface area contributed by atoms with Crippen LogP contribution in [0.3, 0.4) is 0 Å². The quantitative estimate of drug-likeness (QED) is 0.814. The first-order valence-corrected chi connectivity index (χ1v) is 9.43. The topological polar surface area (TPSA) is 62.3 Å². The standard InChI is InChI=1S/C13H23N3O2S2/c1-3-6-14-9-12-4-7-16(8-5-12)20(17,18)13-10-15-11(2)19-13/h10,12,14H,3-9H2,1-2H3. The maximum absolute atomic E-state index is 12.4. The van der Waals surface area contributed by atoms with Crippen LogP contribution in [0.25, 0.3) is 0 Å². The lowest BCUT2D eigenvalue weighted by atomic mass is 9.98. The minimum Gasteiger partial charge on any atom is -0.316 e. The zero-order valence-electron chi connectivity index (χ0n) is 12.1. The van der Waals surface area contributed by atoms with Crippen molar-refractivity contribution in [2.75, 3.05) is 26.2 Å². The van der Waals surface area contributed by atoms with Crippen molar-refractivity contribution in [2.24, 2.45) is 5.92 Å². The predicted octanol–water partition coefficient (Wildman–Crippen LogP) is 1.85. The summed E-state index contributed by atoms with van der Waals surface area (Å²) in [6, 6.07) is 0. The molecule has 0 saturated carbocycles. The Labute approximate surface area is 125 Å². The van der Waals surface area contributed by atoms with Crippen LogP contribution < -0.4 is 5.32 Å². The van der Waals surface area contributed by atoms with E-state index in [9.17, 15) is 8.42 Å². The molecule has 0 atom stereocenters. The van der Waals surface area contributed by atoms with Crippen LogP contribution in [-0.2, 0) is 10.0 Å². The second-order valence-corrected chi connectivity index (χ2v) is 8.65. The number of piperidine rings is 1. The van der Waals surface area contributed by atoms with Crippen molar-refractivity contribution in [1.82, 2.24) is 14.6 Å². The molecule has 1 aliphatic heterocycles. The third-order valence-electron chi connectivity index (χ3n) is 3.63. The molecule has 0 spiro atoms. The van der Waals surface area contributed by atoms with Gasteiger partial charge in [-0.25, -0.2) is 13.4 Å². The third-order valence-corrected chi connectivity index (χ3v) is 6.88. The summed E-state index contributed by atoms with van der Waals surface area (Å²) in [5.41, 5.74) is 0. The molecule has 1 aliphatic rings. The molecule has 1 aromatic rings. The molecule has 2 rings (SSSR count). The lowest BCUT2D eigenvalue weighted by Crippen LogP contribution is -2.40. The maximum Gasteiger partial charge on any atom is 0.254 e. The SMILES string of the molecule is CCCNCC1CCN(S(=O)(=O)c2cnc(C)s2)CC1. The van der Waals surface area contributed by atoms with Gasteiger partial charge in [-0.2, -0.15) is 4.31 Å². The largest absolute Gasteiger partial charge is 0.316 e. The summed E-state index contributed by atoms with van der Waals surface area (Å²) in [5.74, 6) is 0.594. The second kappa shape index (κ2) is 6.98. The van der Waals surface area contributed by atoms with Gasteiger partial charge in [-0.3, -0.25) is 0 Å². The van der Waals surface area contributed by atoms with E-state index < -0.39 is 10.0 Å². The molecule has 0 aliphatic carbocycles. The zero-order chi connectivity index (χ0) is 14.6. The van der Waals surface area contributed by atoms with Gasteiger partial charge in [0, 0.05) is 13.1 Å². The van der Waals surface area contributed by atoms with Gasteiger partial charge >= 0.3 is 0 Å². The van der Waals surface area contributed by atoms with E-state index in [0.717, 1.165) is 37.4 Å². The van der Waals surface area contributed by atoms with E-state index in [4.69, 9.17) is 0 Å². The van der Waals surface area contributed by atoms with Gasteiger partial charge in [0.15, 0.2) is 4.21 Å². The molecule has 20 heavy (non-hydrogen) atoms. The number of aryl methyl sites for hydroxylation is 1. The van der Waals surface area contributed by atoms with Crippen LogP contribution in [0.4, 0.5) is 0 Å². The third kappa shape index (κ3) is 3.78. The summed E-state index contributed by atoms with van der Waals surface area (Å²) < 4.78 is 26.9. The number of nitrogens with zero attached hydrogens (tertiary/aromatic N) is 2. The van der Waals surface area contributed by atoms with Crippen LogP contribution in [0.2, 0.25) is 0 Å². The van der Waals surface area contributed by atoms with Crippen molar-refractivity contribution in [1.29, 1.82) is 0 Å². The molecule has 0 amide bonds. The van der Waals surface area contributed by atoms with Gasteiger partial charge < -0.3 is 5.32 Å². The maximum atomic E-state index is 12.4. The highest BCUT2D eigenvalue weighted by molar-refractivity contribution is 7.91. The van der Waals surface area contributed by atoms with Gasteiger partial charge in [0.2, 0.25) is 0 Å². The molecule has 1 aromatic heterocycles. The fourth-order valence-electron chi connectivity index (χ4n) is 2.43. The average Bonchev–Trinajstić information content (AvgIpc) is 2.87. The van der Waals surface area contributed by atoms with Crippen LogP contribution >= 0.6 is 11.3 Å². The van der Waals surface area contributed by atoms with E-state index in [1.807, 2.05) is 6.92 Å². The van der Waals surface area contributed by atoms with E-state index in [1.165, 1.54) is 17.5 Å². The van der Waals surface area contributed by atoms with Crippen LogP contribution in [0.15, 0.2) is 10.4 Å². The number of aromatic nitrogens is 1. The highest BCUT2D eigenvalue weighted by Gasteiger charge is 2.30. The number of sulfonamides is 1. The van der Waals surface area contributed by atoms with Crippen LogP contribution in [-0.4, -0.2) is 43.9 Å². The van der Waals surface area contributed by atoms with Crippen molar-refractivity contribution in [3.05, 3.63) is 11.2 Å². The molecule has 0 radical (unpaired) electrons. The molecule has 0 aromatic carbocycles. The summed E-state index contributed by atoms with van der Waals surface area (Å²) in [7, 11) is -3.32. The molecular weight excluding hydrogens is 294 g/mol. The predicted molar refractivity (Wildman–Crippen MR) is 81.5 cm³/mol. The summed E-state index contributed by atoms with van der Waals surface area (Å²) in [4.78, 5) is 4.05. The van der Waals surface area contributed by atoms with Crippen LogP contribution in [0.1, 0.15) is 31.2 Å². The Morgan fingerprint density at radius 1 is 1.45 bits per heavy atom. The molecule has 5 nitrogen and oxygen atoms in total. The molecule has 2 heterocycles. The smallest absolute Gasteiger partial charge is 0.254 e. The Hall–Kier alpha value is -0.500. The highest BCUT2D eigenvalue weighted by atomic mass is 32.2. The Morgan fingerprint density at radius 2 is 2.15 bits per heavy atom. The Bertz CT molecular complexity index is 519. The van der Waals surface area contributed by atoms with Crippen molar-refractivity contribution < 1.29 is 8.42 Å². The van der Waals surface area contributed by atoms with Crippen molar-refractivity contribution >= 4 is 21.4 Å². The molecule has 1 N–H and O–H groups in total. The van der Waals surface area contributed by atoms with E-state index >= 15 is 0 Å². The Balaban J connectivity index is 1.90. The van der Waals surface area contributed by atoms with Gasteiger partial charge in [0.1, 0.15) is 0 Å². The fraction of sp³-hybridized carbons (Fsp3) is 0.769. The van der Waals surface area contributed by atoms with E-state index in [-0.39, 0.29) is 0 Å². The highest BCUT2D eigenvalue weighted by Crippen LogP contribution is 2.26. The minimum absolute atomic E-state index is 0.373. The number of rotatable bonds is 6. The number of hydrogen-bond acceptors (Lipinski definition) is 5. The minimum atomic E-state index is -3.32. The first kappa shape index (κ1) is 15.9. The van der Waals surface area contributed by atoms with E-state index in [1.54, 1.807) is 4.31 Å². The van der Waals surface area contributed by atoms with Crippen molar-refractivity contribution in [3.8, 4) is 0 Å². The van der Waals surface area contributed by atoms with Gasteiger partial charge in [-0.15, -0.1) is 11.3 Å². The van der Waals surface area contributed by atoms with Crippen molar-refractivity contribution in [2.45, 2.75) is 37.3 Å². The lowest BCUT2D eigenvalue weighted by molar-refractivity contribution is 0.268. The zero-order valence-corrected chi connectivity index (χ0v) is 13.8. The normalized spacial score (nSPS) is 18.5. The van der Waals surface area contributed by atoms with Gasteiger partial charge in [-0.05, 0) is 45.2 Å². The first-order valence-electron chi connectivity index (χ1n) is 7.17. The summed E-state index contributed by atoms with van der Waals surface area (Å²) in [6.07, 6.45) is 4.49. The van der Waals surface area contributed by atoms with Crippen LogP contribution in [0.5, 0.6) is 0 Å². The lowest BCUT2D eigenvalue weighted by Gasteiger charge is -2.30. The molecule has 0 unspecified atom stereocenters. The van der Waals surface area contributed by atoms with E-state index in [0.29, 0.717) is 23.2 Å². The Morgan fingerprint density at radius 3 is 2.70 bits per heavy atom. The molecule has 1 fully saturated rings. The number of thiazole rings is 1. The Kier molecular flexibility index (Phi) is 5.54. The molecule has 7 heteroatoms. The molecule has 0 bridgehead atoms. The van der Waals surface area contributed by atoms with E-state index in [2.05, 4.69) is 17.2 Å². The van der Waals surface area contributed by atoms with Gasteiger partial charge in [0.05, 0.1) is 11.2 Å². The fourth-order valence-corrected chi connectivity index (χ4v) is 5.16. The summed E-state index contributed by atoms with van der Waals surface area (Å²) >= 11 is 1.25. The molecule has 1 saturated heterocycles. The molecule has 114 valence electrons. The van der Waals surface area contributed by atoms with Crippen molar-refractivity contribution in [3.63, 3.8) is 0 Å².